The second-order valence-corrected chi connectivity index (χ2v) is 9.44. The Hall–Kier alpha value is -3.86. The number of hydrogen-bond donors (Lipinski definition) is 2. The van der Waals surface area contributed by atoms with Gasteiger partial charge in [-0.25, -0.2) is 9.78 Å². The van der Waals surface area contributed by atoms with Gasteiger partial charge in [0.1, 0.15) is 11.7 Å². The molecule has 1 aromatic carbocycles. The van der Waals surface area contributed by atoms with Crippen LogP contribution in [0.1, 0.15) is 65.7 Å². The van der Waals surface area contributed by atoms with E-state index >= 15 is 0 Å². The molecule has 6 rings (SSSR count). The number of piperidine rings is 2. The van der Waals surface area contributed by atoms with Crippen LogP contribution in [0.5, 0.6) is 0 Å². The highest BCUT2D eigenvalue weighted by molar-refractivity contribution is 5.94. The lowest BCUT2D eigenvalue weighted by Gasteiger charge is -2.46. The number of carbonyl (C=O) groups is 1. The number of para-hydroxylation sites is 1. The summed E-state index contributed by atoms with van der Waals surface area (Å²) in [5.41, 5.74) is 2.48. The zero-order valence-corrected chi connectivity index (χ0v) is 19.3. The highest BCUT2D eigenvalue weighted by Crippen LogP contribution is 2.38. The Kier molecular flexibility index (Phi) is 5.48. The molecule has 4 heterocycles. The van der Waals surface area contributed by atoms with Gasteiger partial charge < -0.3 is 15.3 Å². The summed E-state index contributed by atoms with van der Waals surface area (Å²) < 4.78 is 1.45. The number of anilines is 2. The van der Waals surface area contributed by atoms with E-state index in [9.17, 15) is 20.0 Å². The summed E-state index contributed by atoms with van der Waals surface area (Å²) in [7, 11) is 0. The van der Waals surface area contributed by atoms with Crippen molar-refractivity contribution in [2.75, 3.05) is 16.8 Å². The third kappa shape index (κ3) is 3.67. The molecule has 1 atom stereocenters. The third-order valence-corrected chi connectivity index (χ3v) is 7.16. The van der Waals surface area contributed by atoms with E-state index in [-0.39, 0.29) is 22.7 Å². The summed E-state index contributed by atoms with van der Waals surface area (Å²) in [6.07, 6.45) is 6.19. The first-order chi connectivity index (χ1) is 16.4. The van der Waals surface area contributed by atoms with E-state index < -0.39 is 5.97 Å². The first kappa shape index (κ1) is 22.0. The first-order valence-corrected chi connectivity index (χ1v) is 11.7. The molecule has 0 unspecified atom stereocenters. The predicted molar refractivity (Wildman–Crippen MR) is 129 cm³/mol. The Labute approximate surface area is 197 Å². The van der Waals surface area contributed by atoms with Gasteiger partial charge in [-0.05, 0) is 69.2 Å². The maximum absolute atomic E-state index is 13.4. The van der Waals surface area contributed by atoms with Crippen LogP contribution in [0.4, 0.5) is 11.5 Å². The summed E-state index contributed by atoms with van der Waals surface area (Å²) in [6.45, 7) is 4.63. The van der Waals surface area contributed by atoms with Crippen LogP contribution in [-0.4, -0.2) is 33.0 Å². The molecular formula is C26H27N5O3. The van der Waals surface area contributed by atoms with Crippen molar-refractivity contribution in [2.24, 2.45) is 5.92 Å². The van der Waals surface area contributed by atoms with Crippen LogP contribution in [-0.2, 0) is 0 Å². The number of rotatable bonds is 5. The monoisotopic (exact) mass is 457 g/mol. The first-order valence-electron chi connectivity index (χ1n) is 11.7. The van der Waals surface area contributed by atoms with E-state index in [1.54, 1.807) is 30.5 Å². The molecule has 2 bridgehead atoms. The number of carboxylic acid groups (broad SMARTS) is 1. The molecule has 0 amide bonds. The van der Waals surface area contributed by atoms with E-state index in [2.05, 4.69) is 16.3 Å². The van der Waals surface area contributed by atoms with Crippen molar-refractivity contribution in [2.45, 2.75) is 51.6 Å². The summed E-state index contributed by atoms with van der Waals surface area (Å²) >= 11 is 0. The van der Waals surface area contributed by atoms with Crippen molar-refractivity contribution in [3.05, 3.63) is 69.1 Å². The maximum Gasteiger partial charge on any atom is 0.337 e. The minimum atomic E-state index is -1.01. The standard InChI is InChI=1S/C26H27N5O3/c1-15-11-20(16(2)28-22-6-4-3-5-19(22)26(33)34)23-29-24(21(12-27)25(32)31(23)13-15)30-14-17-7-9-18(30)10-8-17/h3-6,11,13,16-18,28H,7-10,14H2,1-2H3,(H,33,34)/t16-,17?,18?/m1/s1. The number of nitriles is 1. The van der Waals surface area contributed by atoms with Gasteiger partial charge in [0.05, 0.1) is 11.6 Å². The van der Waals surface area contributed by atoms with Gasteiger partial charge in [0.15, 0.2) is 11.4 Å². The molecule has 0 spiro atoms. The smallest absolute Gasteiger partial charge is 0.337 e. The number of carboxylic acids is 1. The van der Waals surface area contributed by atoms with Gasteiger partial charge in [0.2, 0.25) is 0 Å². The number of nitrogens with zero attached hydrogens (tertiary/aromatic N) is 4. The molecule has 2 aliphatic heterocycles. The number of nitrogens with one attached hydrogen (secondary N) is 1. The minimum Gasteiger partial charge on any atom is -0.478 e. The average Bonchev–Trinajstić information content (AvgIpc) is 2.84. The maximum atomic E-state index is 13.4. The van der Waals surface area contributed by atoms with Crippen molar-refractivity contribution in [1.29, 1.82) is 5.26 Å². The fraction of sp³-hybridized carbons (Fsp3) is 0.385. The van der Waals surface area contributed by atoms with Gasteiger partial charge >= 0.3 is 5.97 Å². The summed E-state index contributed by atoms with van der Waals surface area (Å²) in [4.78, 5) is 32.2. The van der Waals surface area contributed by atoms with Crippen molar-refractivity contribution < 1.29 is 9.90 Å². The van der Waals surface area contributed by atoms with Crippen LogP contribution in [0.2, 0.25) is 0 Å². The Bertz CT molecular complexity index is 1380. The summed E-state index contributed by atoms with van der Waals surface area (Å²) in [5, 5.41) is 22.7. The van der Waals surface area contributed by atoms with Gasteiger partial charge in [0.25, 0.3) is 5.56 Å². The molecule has 2 N–H and O–H groups in total. The number of aryl methyl sites for hydroxylation is 1. The van der Waals surface area contributed by atoms with Crippen molar-refractivity contribution in [3.8, 4) is 6.07 Å². The number of aromatic nitrogens is 2. The molecule has 8 nitrogen and oxygen atoms in total. The lowest BCUT2D eigenvalue weighted by Crippen LogP contribution is -2.49. The van der Waals surface area contributed by atoms with Gasteiger partial charge in [0, 0.05) is 30.0 Å². The molecule has 8 heteroatoms. The number of aromatic carboxylic acids is 1. The zero-order valence-electron chi connectivity index (χ0n) is 19.3. The second kappa shape index (κ2) is 8.49. The number of fused-ring (bicyclic) bond motifs is 4. The number of benzene rings is 1. The zero-order chi connectivity index (χ0) is 24.0. The molecule has 3 aromatic rings. The minimum absolute atomic E-state index is 0.0819. The van der Waals surface area contributed by atoms with E-state index in [0.29, 0.717) is 29.1 Å². The normalized spacial score (nSPS) is 20.2. The second-order valence-electron chi connectivity index (χ2n) is 9.44. The van der Waals surface area contributed by atoms with Crippen molar-refractivity contribution in [3.63, 3.8) is 0 Å². The lowest BCUT2D eigenvalue weighted by atomic mass is 9.80. The van der Waals surface area contributed by atoms with Gasteiger partial charge in [-0.3, -0.25) is 9.20 Å². The molecule has 3 fully saturated rings. The highest BCUT2D eigenvalue weighted by Gasteiger charge is 2.36. The summed E-state index contributed by atoms with van der Waals surface area (Å²) in [6, 6.07) is 10.8. The molecular weight excluding hydrogens is 430 g/mol. The fourth-order valence-corrected chi connectivity index (χ4v) is 5.45. The Morgan fingerprint density at radius 3 is 2.65 bits per heavy atom. The van der Waals surface area contributed by atoms with Gasteiger partial charge in [-0.1, -0.05) is 12.1 Å². The number of hydrogen-bond acceptors (Lipinski definition) is 6. The van der Waals surface area contributed by atoms with E-state index in [4.69, 9.17) is 4.98 Å². The Morgan fingerprint density at radius 1 is 1.26 bits per heavy atom. The van der Waals surface area contributed by atoms with Crippen molar-refractivity contribution >= 4 is 23.1 Å². The van der Waals surface area contributed by atoms with Gasteiger partial charge in [-0.2, -0.15) is 5.26 Å². The molecule has 1 aliphatic carbocycles. The predicted octanol–water partition coefficient (Wildman–Crippen LogP) is 4.12. The van der Waals surface area contributed by atoms with Crippen LogP contribution < -0.4 is 15.8 Å². The third-order valence-electron chi connectivity index (χ3n) is 7.16. The van der Waals surface area contributed by atoms with Crippen molar-refractivity contribution in [1.82, 2.24) is 9.38 Å². The molecule has 174 valence electrons. The van der Waals surface area contributed by atoms with Crippen LogP contribution in [0.25, 0.3) is 5.65 Å². The lowest BCUT2D eigenvalue weighted by molar-refractivity contribution is 0.0698. The molecule has 2 aromatic heterocycles. The summed E-state index contributed by atoms with van der Waals surface area (Å²) in [5.74, 6) is 0.0346. The van der Waals surface area contributed by atoms with Crippen LogP contribution in [0.3, 0.4) is 0 Å². The molecule has 3 aliphatic rings. The molecule has 0 radical (unpaired) electrons. The van der Waals surface area contributed by atoms with Crippen LogP contribution in [0.15, 0.2) is 41.3 Å². The van der Waals surface area contributed by atoms with E-state index in [0.717, 1.165) is 30.5 Å². The Balaban J connectivity index is 1.64. The van der Waals surface area contributed by atoms with Crippen LogP contribution in [0, 0.1) is 24.2 Å². The van der Waals surface area contributed by atoms with Crippen LogP contribution >= 0.6 is 0 Å². The average molecular weight is 458 g/mol. The van der Waals surface area contributed by atoms with E-state index in [1.807, 2.05) is 19.9 Å². The highest BCUT2D eigenvalue weighted by atomic mass is 16.4. The largest absolute Gasteiger partial charge is 0.478 e. The molecule has 1 saturated carbocycles. The quantitative estimate of drug-likeness (QED) is 0.593. The van der Waals surface area contributed by atoms with Gasteiger partial charge in [-0.15, -0.1) is 0 Å². The Morgan fingerprint density at radius 2 is 2.00 bits per heavy atom. The van der Waals surface area contributed by atoms with E-state index in [1.165, 1.54) is 17.2 Å². The molecule has 34 heavy (non-hydrogen) atoms. The topological polar surface area (TPSA) is 111 Å². The molecule has 2 saturated heterocycles. The SMILES string of the molecule is Cc1cc([C@@H](C)Nc2ccccc2C(=O)O)c2nc(N3CC4CCC3CC4)c(C#N)c(=O)n2c1. The fourth-order valence-electron chi connectivity index (χ4n) is 5.45. The number of pyridine rings is 1.